The fraction of sp³-hybridized carbons (Fsp3) is 0.615. The molecule has 106 valence electrons. The van der Waals surface area contributed by atoms with Gasteiger partial charge in [-0.3, -0.25) is 14.3 Å². The first-order chi connectivity index (χ1) is 8.73. The maximum absolute atomic E-state index is 12.3. The van der Waals surface area contributed by atoms with Crippen molar-refractivity contribution < 1.29 is 14.7 Å². The van der Waals surface area contributed by atoms with E-state index in [0.29, 0.717) is 5.56 Å². The molecule has 0 saturated heterocycles. The van der Waals surface area contributed by atoms with E-state index in [9.17, 15) is 9.59 Å². The highest BCUT2D eigenvalue weighted by Crippen LogP contribution is 2.19. The van der Waals surface area contributed by atoms with Crippen molar-refractivity contribution in [3.63, 3.8) is 0 Å². The molecule has 1 heterocycles. The first-order valence-electron chi connectivity index (χ1n) is 6.25. The average molecular weight is 267 g/mol. The van der Waals surface area contributed by atoms with Gasteiger partial charge >= 0.3 is 5.97 Å². The number of aromatic nitrogens is 2. The Morgan fingerprint density at radius 2 is 2.00 bits per heavy atom. The first-order valence-corrected chi connectivity index (χ1v) is 6.25. The summed E-state index contributed by atoms with van der Waals surface area (Å²) >= 11 is 0. The Bertz CT molecular complexity index is 479. The first kappa shape index (κ1) is 15.2. The summed E-state index contributed by atoms with van der Waals surface area (Å²) in [5.74, 6) is -1.54. The number of rotatable bonds is 5. The summed E-state index contributed by atoms with van der Waals surface area (Å²) < 4.78 is 1.61. The van der Waals surface area contributed by atoms with Crippen LogP contribution in [-0.4, -0.2) is 45.3 Å². The zero-order valence-corrected chi connectivity index (χ0v) is 12.0. The lowest BCUT2D eigenvalue weighted by atomic mass is 10.1. The van der Waals surface area contributed by atoms with Crippen LogP contribution in [0.2, 0.25) is 0 Å². The highest BCUT2D eigenvalue weighted by molar-refractivity contribution is 5.95. The van der Waals surface area contributed by atoms with E-state index >= 15 is 0 Å². The van der Waals surface area contributed by atoms with E-state index < -0.39 is 11.9 Å². The summed E-state index contributed by atoms with van der Waals surface area (Å²) in [5.41, 5.74) is 1.28. The van der Waals surface area contributed by atoms with Crippen molar-refractivity contribution in [2.75, 3.05) is 13.6 Å². The Labute approximate surface area is 113 Å². The Hall–Kier alpha value is -1.85. The Kier molecular flexibility index (Phi) is 4.69. The molecule has 0 radical (unpaired) electrons. The number of hydrogen-bond acceptors (Lipinski definition) is 3. The molecule has 0 fully saturated rings. The number of carbonyl (C=O) groups is 2. The fourth-order valence-electron chi connectivity index (χ4n) is 1.87. The molecule has 1 atom stereocenters. The number of hydrogen-bond donors (Lipinski definition) is 1. The molecule has 1 aromatic rings. The molecule has 1 unspecified atom stereocenters. The quantitative estimate of drug-likeness (QED) is 0.873. The van der Waals surface area contributed by atoms with Crippen LogP contribution < -0.4 is 0 Å². The molecular formula is C13H21N3O3. The molecule has 1 amide bonds. The van der Waals surface area contributed by atoms with E-state index in [-0.39, 0.29) is 18.4 Å². The second kappa shape index (κ2) is 5.86. The van der Waals surface area contributed by atoms with Gasteiger partial charge in [-0.1, -0.05) is 20.8 Å². The van der Waals surface area contributed by atoms with Crippen molar-refractivity contribution in [2.24, 2.45) is 13.0 Å². The van der Waals surface area contributed by atoms with Crippen molar-refractivity contribution in [1.82, 2.24) is 14.7 Å². The summed E-state index contributed by atoms with van der Waals surface area (Å²) in [6.07, 6.45) is 1.68. The Balaban J connectivity index is 2.91. The van der Waals surface area contributed by atoms with Gasteiger partial charge in [0.25, 0.3) is 5.91 Å². The molecule has 19 heavy (non-hydrogen) atoms. The van der Waals surface area contributed by atoms with Crippen LogP contribution >= 0.6 is 0 Å². The van der Waals surface area contributed by atoms with Crippen LogP contribution in [-0.2, 0) is 11.8 Å². The third-order valence-electron chi connectivity index (χ3n) is 2.95. The van der Waals surface area contributed by atoms with Gasteiger partial charge in [-0.15, -0.1) is 0 Å². The predicted molar refractivity (Wildman–Crippen MR) is 71.1 cm³/mol. The molecule has 0 aliphatic rings. The molecule has 6 heteroatoms. The molecule has 1 aromatic heterocycles. The van der Waals surface area contributed by atoms with Crippen LogP contribution in [0.15, 0.2) is 6.20 Å². The van der Waals surface area contributed by atoms with E-state index in [0.717, 1.165) is 5.69 Å². The fourth-order valence-corrected chi connectivity index (χ4v) is 1.87. The molecule has 0 aromatic carbocycles. The topological polar surface area (TPSA) is 75.4 Å². The summed E-state index contributed by atoms with van der Waals surface area (Å²) in [7, 11) is 3.38. The highest BCUT2D eigenvalue weighted by Gasteiger charge is 2.23. The third kappa shape index (κ3) is 3.56. The van der Waals surface area contributed by atoms with Gasteiger partial charge in [0.05, 0.1) is 17.2 Å². The Morgan fingerprint density at radius 1 is 1.42 bits per heavy atom. The zero-order chi connectivity index (χ0) is 14.7. The average Bonchev–Trinajstić information content (AvgIpc) is 2.70. The molecular weight excluding hydrogens is 246 g/mol. The number of nitrogens with zero attached hydrogens (tertiary/aromatic N) is 3. The second-order valence-corrected chi connectivity index (χ2v) is 5.18. The normalized spacial score (nSPS) is 12.5. The van der Waals surface area contributed by atoms with Gasteiger partial charge < -0.3 is 10.0 Å². The van der Waals surface area contributed by atoms with Gasteiger partial charge in [0.1, 0.15) is 0 Å². The van der Waals surface area contributed by atoms with Crippen molar-refractivity contribution in [2.45, 2.75) is 26.7 Å². The van der Waals surface area contributed by atoms with E-state index in [1.165, 1.54) is 4.90 Å². The lowest BCUT2D eigenvalue weighted by Gasteiger charge is -2.19. The molecule has 1 rings (SSSR count). The van der Waals surface area contributed by atoms with Gasteiger partial charge in [-0.05, 0) is 5.92 Å². The lowest BCUT2D eigenvalue weighted by molar-refractivity contribution is -0.141. The van der Waals surface area contributed by atoms with Crippen LogP contribution in [0.3, 0.4) is 0 Å². The number of aryl methyl sites for hydroxylation is 1. The van der Waals surface area contributed by atoms with E-state index in [2.05, 4.69) is 5.10 Å². The lowest BCUT2D eigenvalue weighted by Crippen LogP contribution is -2.34. The highest BCUT2D eigenvalue weighted by atomic mass is 16.4. The summed E-state index contributed by atoms with van der Waals surface area (Å²) in [5, 5.41) is 13.2. The maximum atomic E-state index is 12.3. The smallest absolute Gasteiger partial charge is 0.308 e. The zero-order valence-electron chi connectivity index (χ0n) is 12.0. The Morgan fingerprint density at radius 3 is 2.47 bits per heavy atom. The predicted octanol–water partition coefficient (Wildman–Crippen LogP) is 1.34. The minimum Gasteiger partial charge on any atom is -0.481 e. The number of carboxylic acids is 1. The molecule has 0 aliphatic carbocycles. The van der Waals surface area contributed by atoms with E-state index in [1.807, 2.05) is 13.8 Å². The number of carbonyl (C=O) groups excluding carboxylic acids is 1. The second-order valence-electron chi connectivity index (χ2n) is 5.18. The van der Waals surface area contributed by atoms with Crippen LogP contribution in [0.1, 0.15) is 42.7 Å². The monoisotopic (exact) mass is 267 g/mol. The maximum Gasteiger partial charge on any atom is 0.308 e. The minimum atomic E-state index is -0.907. The van der Waals surface area contributed by atoms with Crippen molar-refractivity contribution in [1.29, 1.82) is 0 Å². The van der Waals surface area contributed by atoms with Crippen LogP contribution in [0, 0.1) is 5.92 Å². The number of amides is 1. The van der Waals surface area contributed by atoms with Crippen molar-refractivity contribution in [3.05, 3.63) is 17.5 Å². The van der Waals surface area contributed by atoms with Gasteiger partial charge in [-0.25, -0.2) is 0 Å². The standard InChI is InChI=1S/C13H21N3O3/c1-8(2)11-10(7-16(5)14-11)12(17)15(4)6-9(3)13(18)19/h7-9H,6H2,1-5H3,(H,18,19). The van der Waals surface area contributed by atoms with Gasteiger partial charge in [0, 0.05) is 26.8 Å². The largest absolute Gasteiger partial charge is 0.481 e. The SMILES string of the molecule is CC(CN(C)C(=O)c1cn(C)nc1C(C)C)C(=O)O. The van der Waals surface area contributed by atoms with Crippen molar-refractivity contribution in [3.8, 4) is 0 Å². The molecule has 1 N–H and O–H groups in total. The van der Waals surface area contributed by atoms with Crippen LogP contribution in [0.25, 0.3) is 0 Å². The minimum absolute atomic E-state index is 0.144. The van der Waals surface area contributed by atoms with E-state index in [4.69, 9.17) is 5.11 Å². The van der Waals surface area contributed by atoms with Gasteiger partial charge in [0.2, 0.25) is 0 Å². The van der Waals surface area contributed by atoms with Gasteiger partial charge in [0.15, 0.2) is 0 Å². The van der Waals surface area contributed by atoms with Gasteiger partial charge in [-0.2, -0.15) is 5.10 Å². The summed E-state index contributed by atoms with van der Waals surface area (Å²) in [6.45, 7) is 5.71. The molecule has 0 bridgehead atoms. The van der Waals surface area contributed by atoms with Crippen LogP contribution in [0.5, 0.6) is 0 Å². The van der Waals surface area contributed by atoms with Crippen LogP contribution in [0.4, 0.5) is 0 Å². The number of carboxylic acid groups (broad SMARTS) is 1. The summed E-state index contributed by atoms with van der Waals surface area (Å²) in [6, 6.07) is 0. The summed E-state index contributed by atoms with van der Waals surface area (Å²) in [4.78, 5) is 24.6. The molecule has 6 nitrogen and oxygen atoms in total. The number of aliphatic carboxylic acids is 1. The van der Waals surface area contributed by atoms with Crippen molar-refractivity contribution >= 4 is 11.9 Å². The molecule has 0 saturated carbocycles. The molecule has 0 spiro atoms. The molecule has 0 aliphatic heterocycles. The van der Waals surface area contributed by atoms with E-state index in [1.54, 1.807) is 31.9 Å². The third-order valence-corrected chi connectivity index (χ3v) is 2.95.